The van der Waals surface area contributed by atoms with E-state index in [0.29, 0.717) is 10.2 Å². The van der Waals surface area contributed by atoms with E-state index in [1.54, 1.807) is 12.1 Å². The largest absolute Gasteiger partial charge is 0.462 e. The number of hydrogen-bond donors (Lipinski definition) is 4. The van der Waals surface area contributed by atoms with E-state index in [1.807, 2.05) is 12.1 Å². The molecular weight excluding hydrogens is 379 g/mol. The van der Waals surface area contributed by atoms with Crippen molar-refractivity contribution < 1.29 is 29.9 Å². The molecule has 112 valence electrons. The standard InChI is InChI=1S/C13H17IO6/c14-5-7-3-1-2-4-8(7)19-13-12(18)11(17)10(16)9(6-15)20-13/h1-4,9-13,15-18H,5-6H2/t9-,10-,11+,12-,13+/m1/s1. The number of ether oxygens (including phenoxy) is 2. The lowest BCUT2D eigenvalue weighted by molar-refractivity contribution is -0.277. The Morgan fingerprint density at radius 1 is 1.10 bits per heavy atom. The molecule has 0 unspecified atom stereocenters. The predicted molar refractivity (Wildman–Crippen MR) is 78.6 cm³/mol. The zero-order valence-corrected chi connectivity index (χ0v) is 12.8. The van der Waals surface area contributed by atoms with Gasteiger partial charge >= 0.3 is 0 Å². The first-order valence-electron chi connectivity index (χ1n) is 6.19. The van der Waals surface area contributed by atoms with E-state index in [9.17, 15) is 15.3 Å². The van der Waals surface area contributed by atoms with Crippen molar-refractivity contribution in [1.29, 1.82) is 0 Å². The fourth-order valence-corrected chi connectivity index (χ4v) is 2.65. The van der Waals surface area contributed by atoms with Gasteiger partial charge in [0.15, 0.2) is 0 Å². The summed E-state index contributed by atoms with van der Waals surface area (Å²) in [5, 5.41) is 38.4. The van der Waals surface area contributed by atoms with Crippen molar-refractivity contribution in [2.24, 2.45) is 0 Å². The van der Waals surface area contributed by atoms with Gasteiger partial charge in [0.05, 0.1) is 6.61 Å². The number of benzene rings is 1. The Hall–Kier alpha value is -0.450. The molecule has 0 amide bonds. The Bertz CT molecular complexity index is 441. The molecule has 0 radical (unpaired) electrons. The Kier molecular flexibility index (Phi) is 5.58. The van der Waals surface area contributed by atoms with Crippen LogP contribution in [-0.4, -0.2) is 57.7 Å². The van der Waals surface area contributed by atoms with Crippen LogP contribution in [0.5, 0.6) is 5.75 Å². The number of para-hydroxylation sites is 1. The van der Waals surface area contributed by atoms with Gasteiger partial charge in [-0.3, -0.25) is 0 Å². The minimum absolute atomic E-state index is 0.473. The number of alkyl halides is 1. The van der Waals surface area contributed by atoms with Crippen LogP contribution in [0.15, 0.2) is 24.3 Å². The normalized spacial score (nSPS) is 34.0. The van der Waals surface area contributed by atoms with E-state index in [0.717, 1.165) is 5.56 Å². The number of halogens is 1. The van der Waals surface area contributed by atoms with Crippen LogP contribution < -0.4 is 4.74 Å². The molecule has 1 aliphatic heterocycles. The first kappa shape index (κ1) is 15.9. The van der Waals surface area contributed by atoms with Crippen molar-refractivity contribution >= 4 is 22.6 Å². The van der Waals surface area contributed by atoms with Crippen molar-refractivity contribution in [1.82, 2.24) is 0 Å². The summed E-state index contributed by atoms with van der Waals surface area (Å²) in [4.78, 5) is 0. The SMILES string of the molecule is OC[C@H]1O[C@H](Oc2ccccc2CI)[C@H](O)[C@@H](O)[C@@H]1O. The molecule has 0 aliphatic carbocycles. The highest BCUT2D eigenvalue weighted by Crippen LogP contribution is 2.27. The zero-order chi connectivity index (χ0) is 14.7. The van der Waals surface area contributed by atoms with Gasteiger partial charge in [-0.1, -0.05) is 40.8 Å². The summed E-state index contributed by atoms with van der Waals surface area (Å²) in [5.74, 6) is 0.534. The number of rotatable bonds is 4. The van der Waals surface area contributed by atoms with E-state index in [-0.39, 0.29) is 0 Å². The molecule has 0 spiro atoms. The topological polar surface area (TPSA) is 99.4 Å². The van der Waals surface area contributed by atoms with Crippen LogP contribution in [-0.2, 0) is 9.16 Å². The van der Waals surface area contributed by atoms with Gasteiger partial charge in [0.1, 0.15) is 30.2 Å². The van der Waals surface area contributed by atoms with Gasteiger partial charge in [0.2, 0.25) is 6.29 Å². The Morgan fingerprint density at radius 2 is 1.80 bits per heavy atom. The Morgan fingerprint density at radius 3 is 2.45 bits per heavy atom. The fraction of sp³-hybridized carbons (Fsp3) is 0.538. The molecule has 5 atom stereocenters. The molecule has 6 nitrogen and oxygen atoms in total. The second-order valence-electron chi connectivity index (χ2n) is 4.56. The average Bonchev–Trinajstić information content (AvgIpc) is 2.48. The maximum absolute atomic E-state index is 9.90. The van der Waals surface area contributed by atoms with Gasteiger partial charge in [-0.25, -0.2) is 0 Å². The minimum Gasteiger partial charge on any atom is -0.462 e. The molecule has 0 bridgehead atoms. The third-order valence-corrected chi connectivity index (χ3v) is 4.03. The lowest BCUT2D eigenvalue weighted by Gasteiger charge is -2.39. The minimum atomic E-state index is -1.43. The molecule has 2 rings (SSSR count). The monoisotopic (exact) mass is 396 g/mol. The van der Waals surface area contributed by atoms with Gasteiger partial charge in [-0.15, -0.1) is 0 Å². The molecule has 0 saturated carbocycles. The van der Waals surface area contributed by atoms with Crippen LogP contribution >= 0.6 is 22.6 Å². The van der Waals surface area contributed by atoms with E-state index in [1.165, 1.54) is 0 Å². The molecule has 1 fully saturated rings. The van der Waals surface area contributed by atoms with Crippen molar-refractivity contribution in [3.05, 3.63) is 29.8 Å². The molecule has 1 saturated heterocycles. The predicted octanol–water partition coefficient (Wildman–Crippen LogP) is -0.200. The zero-order valence-electron chi connectivity index (χ0n) is 10.6. The van der Waals surface area contributed by atoms with Crippen LogP contribution in [0.1, 0.15) is 5.56 Å². The summed E-state index contributed by atoms with van der Waals surface area (Å²) in [6.07, 6.45) is -6.32. The first-order chi connectivity index (χ1) is 9.58. The smallest absolute Gasteiger partial charge is 0.229 e. The number of aliphatic hydroxyl groups is 4. The molecule has 1 heterocycles. The van der Waals surface area contributed by atoms with Gasteiger partial charge in [0.25, 0.3) is 0 Å². The van der Waals surface area contributed by atoms with Crippen molar-refractivity contribution in [2.75, 3.05) is 6.61 Å². The second kappa shape index (κ2) is 7.01. The van der Waals surface area contributed by atoms with Crippen molar-refractivity contribution in [3.8, 4) is 5.75 Å². The molecule has 4 N–H and O–H groups in total. The summed E-state index contributed by atoms with van der Waals surface area (Å²) in [6.45, 7) is -0.473. The maximum Gasteiger partial charge on any atom is 0.229 e. The second-order valence-corrected chi connectivity index (χ2v) is 5.32. The highest BCUT2D eigenvalue weighted by atomic mass is 127. The highest BCUT2D eigenvalue weighted by Gasteiger charge is 2.44. The molecule has 20 heavy (non-hydrogen) atoms. The average molecular weight is 396 g/mol. The Labute approximate surface area is 130 Å². The maximum atomic E-state index is 9.90. The van der Waals surface area contributed by atoms with Crippen LogP contribution in [0.25, 0.3) is 0 Å². The van der Waals surface area contributed by atoms with Crippen LogP contribution in [0, 0.1) is 0 Å². The van der Waals surface area contributed by atoms with Gasteiger partial charge in [0, 0.05) is 9.99 Å². The fourth-order valence-electron chi connectivity index (χ4n) is 2.02. The third-order valence-electron chi connectivity index (χ3n) is 3.21. The van der Waals surface area contributed by atoms with Crippen molar-refractivity contribution in [2.45, 2.75) is 35.1 Å². The van der Waals surface area contributed by atoms with E-state index in [4.69, 9.17) is 14.6 Å². The van der Waals surface area contributed by atoms with E-state index >= 15 is 0 Å². The van der Waals surface area contributed by atoms with Gasteiger partial charge < -0.3 is 29.9 Å². The quantitative estimate of drug-likeness (QED) is 0.416. The lowest BCUT2D eigenvalue weighted by Crippen LogP contribution is -2.60. The van der Waals surface area contributed by atoms with E-state index in [2.05, 4.69) is 22.6 Å². The number of aliphatic hydroxyl groups excluding tert-OH is 4. The molecule has 0 aromatic heterocycles. The molecule has 1 aliphatic rings. The summed E-state index contributed by atoms with van der Waals surface area (Å²) < 4.78 is 11.6. The molecular formula is C13H17IO6. The molecule has 1 aromatic rings. The summed E-state index contributed by atoms with van der Waals surface area (Å²) in [5.41, 5.74) is 0.921. The van der Waals surface area contributed by atoms with Gasteiger partial charge in [-0.2, -0.15) is 0 Å². The molecule has 7 heteroatoms. The number of hydrogen-bond acceptors (Lipinski definition) is 6. The summed E-state index contributed by atoms with van der Waals surface area (Å²) >= 11 is 2.18. The summed E-state index contributed by atoms with van der Waals surface area (Å²) in [6, 6.07) is 7.27. The summed E-state index contributed by atoms with van der Waals surface area (Å²) in [7, 11) is 0. The lowest BCUT2D eigenvalue weighted by atomic mass is 9.99. The third kappa shape index (κ3) is 3.23. The molecule has 1 aromatic carbocycles. The van der Waals surface area contributed by atoms with Crippen LogP contribution in [0.4, 0.5) is 0 Å². The van der Waals surface area contributed by atoms with Gasteiger partial charge in [-0.05, 0) is 6.07 Å². The van der Waals surface area contributed by atoms with E-state index < -0.39 is 37.3 Å². The van der Waals surface area contributed by atoms with Crippen molar-refractivity contribution in [3.63, 3.8) is 0 Å². The van der Waals surface area contributed by atoms with Crippen LogP contribution in [0.3, 0.4) is 0 Å². The Balaban J connectivity index is 2.15. The highest BCUT2D eigenvalue weighted by molar-refractivity contribution is 14.1. The first-order valence-corrected chi connectivity index (χ1v) is 7.72. The van der Waals surface area contributed by atoms with Crippen LogP contribution in [0.2, 0.25) is 0 Å².